The summed E-state index contributed by atoms with van der Waals surface area (Å²) in [6.45, 7) is 0. The highest BCUT2D eigenvalue weighted by Crippen LogP contribution is 2.33. The summed E-state index contributed by atoms with van der Waals surface area (Å²) in [5.74, 6) is -0.175. The Morgan fingerprint density at radius 3 is 2.41 bits per heavy atom. The van der Waals surface area contributed by atoms with Crippen LogP contribution in [0.3, 0.4) is 0 Å². The van der Waals surface area contributed by atoms with Crippen LogP contribution in [-0.4, -0.2) is 24.4 Å². The van der Waals surface area contributed by atoms with Crippen LogP contribution in [0.15, 0.2) is 61.2 Å². The Morgan fingerprint density at radius 2 is 1.72 bits per heavy atom. The second-order valence-electron chi connectivity index (χ2n) is 5.95. The third-order valence-electron chi connectivity index (χ3n) is 4.14. The topological polar surface area (TPSA) is 98.8 Å². The van der Waals surface area contributed by atoms with Gasteiger partial charge in [-0.1, -0.05) is 12.1 Å². The standard InChI is InChI=1S/C18H11F3N6O2/c19-18(20,21)11-5-7-12(8-6-11)25-16-15(27(28)29)17(23-9-22-16)26-10-24-13-3-1-2-4-14(13)26/h1-10H,(H,22,23,25). The quantitative estimate of drug-likeness (QED) is 0.400. The average Bonchev–Trinajstić information content (AvgIpc) is 3.11. The van der Waals surface area contributed by atoms with Crippen molar-refractivity contribution in [2.75, 3.05) is 5.32 Å². The molecule has 0 amide bonds. The Labute approximate surface area is 160 Å². The number of halogens is 3. The van der Waals surface area contributed by atoms with Crippen molar-refractivity contribution in [3.63, 3.8) is 0 Å². The van der Waals surface area contributed by atoms with Gasteiger partial charge in [0, 0.05) is 5.69 Å². The highest BCUT2D eigenvalue weighted by molar-refractivity contribution is 5.79. The SMILES string of the molecule is O=[N+]([O-])c1c(Nc2ccc(C(F)(F)F)cc2)ncnc1-n1cnc2ccccc21. The normalized spacial score (nSPS) is 11.6. The van der Waals surface area contributed by atoms with E-state index in [-0.39, 0.29) is 17.3 Å². The first-order chi connectivity index (χ1) is 13.8. The zero-order valence-electron chi connectivity index (χ0n) is 14.5. The van der Waals surface area contributed by atoms with Gasteiger partial charge in [0.1, 0.15) is 12.7 Å². The van der Waals surface area contributed by atoms with Gasteiger partial charge in [-0.3, -0.25) is 14.7 Å². The van der Waals surface area contributed by atoms with Gasteiger partial charge in [0.25, 0.3) is 0 Å². The molecule has 0 aliphatic rings. The molecule has 146 valence electrons. The fourth-order valence-electron chi connectivity index (χ4n) is 2.81. The Hall–Kier alpha value is -4.02. The van der Waals surface area contributed by atoms with Crippen LogP contribution < -0.4 is 5.32 Å². The molecule has 0 saturated carbocycles. The van der Waals surface area contributed by atoms with Crippen LogP contribution in [0.2, 0.25) is 0 Å². The Balaban J connectivity index is 1.77. The summed E-state index contributed by atoms with van der Waals surface area (Å²) in [7, 11) is 0. The maximum Gasteiger partial charge on any atom is 0.416 e. The van der Waals surface area contributed by atoms with Crippen LogP contribution in [0.4, 0.5) is 30.4 Å². The highest BCUT2D eigenvalue weighted by atomic mass is 19.4. The molecule has 0 fully saturated rings. The van der Waals surface area contributed by atoms with E-state index in [0.29, 0.717) is 11.0 Å². The fourth-order valence-corrected chi connectivity index (χ4v) is 2.81. The molecule has 2 heterocycles. The predicted octanol–water partition coefficient (Wildman–Crippen LogP) is 4.49. The molecule has 2 aromatic carbocycles. The molecule has 8 nitrogen and oxygen atoms in total. The minimum atomic E-state index is -4.48. The highest BCUT2D eigenvalue weighted by Gasteiger charge is 2.30. The van der Waals surface area contributed by atoms with Crippen molar-refractivity contribution >= 4 is 28.2 Å². The van der Waals surface area contributed by atoms with Gasteiger partial charge in [-0.15, -0.1) is 0 Å². The number of hydrogen-bond donors (Lipinski definition) is 1. The molecule has 4 rings (SSSR count). The molecule has 0 saturated heterocycles. The third-order valence-corrected chi connectivity index (χ3v) is 4.14. The molecule has 4 aromatic rings. The van der Waals surface area contributed by atoms with E-state index in [9.17, 15) is 23.3 Å². The lowest BCUT2D eigenvalue weighted by Gasteiger charge is -2.11. The minimum absolute atomic E-state index is 0.0203. The lowest BCUT2D eigenvalue weighted by Crippen LogP contribution is -2.08. The van der Waals surface area contributed by atoms with E-state index in [0.717, 1.165) is 18.5 Å². The van der Waals surface area contributed by atoms with Crippen molar-refractivity contribution in [1.29, 1.82) is 0 Å². The summed E-state index contributed by atoms with van der Waals surface area (Å²) in [5, 5.41) is 14.4. The predicted molar refractivity (Wildman–Crippen MR) is 98.0 cm³/mol. The van der Waals surface area contributed by atoms with Crippen molar-refractivity contribution in [3.8, 4) is 5.82 Å². The number of nitrogens with one attached hydrogen (secondary N) is 1. The van der Waals surface area contributed by atoms with Gasteiger partial charge in [-0.05, 0) is 36.4 Å². The Bertz CT molecular complexity index is 1200. The molecule has 29 heavy (non-hydrogen) atoms. The second-order valence-corrected chi connectivity index (χ2v) is 5.95. The van der Waals surface area contributed by atoms with E-state index in [4.69, 9.17) is 0 Å². The van der Waals surface area contributed by atoms with Gasteiger partial charge >= 0.3 is 11.9 Å². The van der Waals surface area contributed by atoms with Crippen LogP contribution in [-0.2, 0) is 6.18 Å². The first-order valence-corrected chi connectivity index (χ1v) is 8.21. The van der Waals surface area contributed by atoms with Crippen molar-refractivity contribution in [2.24, 2.45) is 0 Å². The van der Waals surface area contributed by atoms with Crippen molar-refractivity contribution in [1.82, 2.24) is 19.5 Å². The smallest absolute Gasteiger partial charge is 0.334 e. The summed E-state index contributed by atoms with van der Waals surface area (Å²) >= 11 is 0. The number of rotatable bonds is 4. The summed E-state index contributed by atoms with van der Waals surface area (Å²) in [4.78, 5) is 23.2. The number of imidazole rings is 1. The average molecular weight is 400 g/mol. The fraction of sp³-hybridized carbons (Fsp3) is 0.0556. The zero-order chi connectivity index (χ0) is 20.6. The van der Waals surface area contributed by atoms with Crippen LogP contribution in [0, 0.1) is 10.1 Å². The molecule has 0 bridgehead atoms. The molecule has 11 heteroatoms. The molecule has 0 unspecified atom stereocenters. The van der Waals surface area contributed by atoms with E-state index >= 15 is 0 Å². The molecule has 1 N–H and O–H groups in total. The monoisotopic (exact) mass is 400 g/mol. The lowest BCUT2D eigenvalue weighted by atomic mass is 10.2. The molecule has 0 aliphatic carbocycles. The number of fused-ring (bicyclic) bond motifs is 1. The number of anilines is 2. The Kier molecular flexibility index (Phi) is 4.34. The number of nitrogens with zero attached hydrogens (tertiary/aromatic N) is 5. The summed E-state index contributed by atoms with van der Waals surface area (Å²) in [5.41, 5.74) is 0.176. The van der Waals surface area contributed by atoms with E-state index < -0.39 is 22.4 Å². The van der Waals surface area contributed by atoms with Crippen molar-refractivity contribution in [3.05, 3.63) is 76.9 Å². The van der Waals surface area contributed by atoms with Gasteiger partial charge in [0.05, 0.1) is 21.5 Å². The number of benzene rings is 2. The molecule has 0 radical (unpaired) electrons. The van der Waals surface area contributed by atoms with Gasteiger partial charge in [-0.25, -0.2) is 15.0 Å². The van der Waals surface area contributed by atoms with E-state index in [2.05, 4.69) is 20.3 Å². The molecule has 2 aromatic heterocycles. The number of aromatic nitrogens is 4. The van der Waals surface area contributed by atoms with Gasteiger partial charge in [0.2, 0.25) is 11.6 Å². The number of alkyl halides is 3. The summed E-state index contributed by atoms with van der Waals surface area (Å²) in [6.07, 6.45) is -1.94. The van der Waals surface area contributed by atoms with Gasteiger partial charge in [0.15, 0.2) is 0 Å². The number of nitro groups is 1. The van der Waals surface area contributed by atoms with Crippen LogP contribution in [0.1, 0.15) is 5.56 Å². The third kappa shape index (κ3) is 3.45. The number of para-hydroxylation sites is 2. The van der Waals surface area contributed by atoms with Crippen LogP contribution in [0.25, 0.3) is 16.9 Å². The molecule has 0 spiro atoms. The maximum absolute atomic E-state index is 12.7. The van der Waals surface area contributed by atoms with Gasteiger partial charge in [-0.2, -0.15) is 13.2 Å². The summed E-state index contributed by atoms with van der Waals surface area (Å²) in [6, 6.07) is 11.1. The first kappa shape index (κ1) is 18.3. The Morgan fingerprint density at radius 1 is 1.00 bits per heavy atom. The maximum atomic E-state index is 12.7. The number of hydrogen-bond acceptors (Lipinski definition) is 6. The van der Waals surface area contributed by atoms with E-state index in [1.807, 2.05) is 0 Å². The first-order valence-electron chi connectivity index (χ1n) is 8.21. The molecule has 0 atom stereocenters. The van der Waals surface area contributed by atoms with Crippen LogP contribution >= 0.6 is 0 Å². The lowest BCUT2D eigenvalue weighted by molar-refractivity contribution is -0.384. The minimum Gasteiger partial charge on any atom is -0.334 e. The van der Waals surface area contributed by atoms with Gasteiger partial charge < -0.3 is 5.32 Å². The van der Waals surface area contributed by atoms with E-state index in [1.54, 1.807) is 24.3 Å². The summed E-state index contributed by atoms with van der Waals surface area (Å²) < 4.78 is 39.6. The molecule has 0 aliphatic heterocycles. The molecular weight excluding hydrogens is 389 g/mol. The second kappa shape index (κ2) is 6.86. The zero-order valence-corrected chi connectivity index (χ0v) is 14.5. The largest absolute Gasteiger partial charge is 0.416 e. The van der Waals surface area contributed by atoms with Crippen molar-refractivity contribution in [2.45, 2.75) is 6.18 Å². The van der Waals surface area contributed by atoms with Crippen molar-refractivity contribution < 1.29 is 18.1 Å². The van der Waals surface area contributed by atoms with E-state index in [1.165, 1.54) is 23.0 Å². The van der Waals surface area contributed by atoms with Crippen LogP contribution in [0.5, 0.6) is 0 Å². The molecular formula is C18H11F3N6O2.